The van der Waals surface area contributed by atoms with E-state index in [1.54, 1.807) is 0 Å². The number of hydrogen-bond donors (Lipinski definition) is 0. The van der Waals surface area contributed by atoms with Crippen molar-refractivity contribution in [1.82, 2.24) is 4.90 Å². The van der Waals surface area contributed by atoms with Crippen molar-refractivity contribution in [2.75, 3.05) is 6.54 Å². The van der Waals surface area contributed by atoms with Crippen LogP contribution in [0.3, 0.4) is 0 Å². The molecule has 1 heterocycles. The third kappa shape index (κ3) is 2.17. The Morgan fingerprint density at radius 3 is 2.94 bits per heavy atom. The molecule has 1 amide bonds. The van der Waals surface area contributed by atoms with Gasteiger partial charge in [0.15, 0.2) is 0 Å². The fraction of sp³-hybridized carbons (Fsp3) is 0.333. The number of hydrogen-bond acceptors (Lipinski definition) is 2. The molecule has 1 fully saturated rings. The van der Waals surface area contributed by atoms with Crippen molar-refractivity contribution in [3.05, 3.63) is 34.6 Å². The van der Waals surface area contributed by atoms with E-state index >= 15 is 0 Å². The Morgan fingerprint density at radius 2 is 2.29 bits per heavy atom. The van der Waals surface area contributed by atoms with Crippen LogP contribution in [0, 0.1) is 5.82 Å². The first-order valence-corrected chi connectivity index (χ1v) is 5.73. The molecule has 0 spiro atoms. The summed E-state index contributed by atoms with van der Waals surface area (Å²) in [6.07, 6.45) is 2.10. The number of rotatable bonds is 2. The first-order valence-electron chi connectivity index (χ1n) is 5.35. The van der Waals surface area contributed by atoms with Gasteiger partial charge in [-0.3, -0.25) is 4.79 Å². The molecule has 0 bridgehead atoms. The molecule has 0 aromatic heterocycles. The molecule has 3 nitrogen and oxygen atoms in total. The summed E-state index contributed by atoms with van der Waals surface area (Å²) in [7, 11) is 0. The quantitative estimate of drug-likeness (QED) is 0.761. The highest BCUT2D eigenvalue weighted by Gasteiger charge is 2.31. The minimum atomic E-state index is -0.654. The number of benzene rings is 1. The van der Waals surface area contributed by atoms with Gasteiger partial charge < -0.3 is 9.69 Å². The average Bonchev–Trinajstić information content (AvgIpc) is 2.76. The Kier molecular flexibility index (Phi) is 3.43. The molecule has 1 aliphatic rings. The van der Waals surface area contributed by atoms with Gasteiger partial charge in [-0.05, 0) is 25.0 Å². The Balaban J connectivity index is 2.34. The highest BCUT2D eigenvalue weighted by atomic mass is 35.5. The van der Waals surface area contributed by atoms with Crippen molar-refractivity contribution in [3.8, 4) is 0 Å². The summed E-state index contributed by atoms with van der Waals surface area (Å²) in [5.41, 5.74) is -0.150. The van der Waals surface area contributed by atoms with Gasteiger partial charge in [0.25, 0.3) is 5.91 Å². The monoisotopic (exact) mass is 255 g/mol. The Bertz CT molecular complexity index is 444. The smallest absolute Gasteiger partial charge is 0.258 e. The fourth-order valence-electron chi connectivity index (χ4n) is 2.03. The van der Waals surface area contributed by atoms with Gasteiger partial charge in [0.2, 0.25) is 0 Å². The Labute approximate surface area is 103 Å². The summed E-state index contributed by atoms with van der Waals surface area (Å²) in [4.78, 5) is 24.3. The van der Waals surface area contributed by atoms with Crippen molar-refractivity contribution in [1.29, 1.82) is 0 Å². The maximum atomic E-state index is 13.6. The summed E-state index contributed by atoms with van der Waals surface area (Å²) < 4.78 is 13.6. The van der Waals surface area contributed by atoms with Crippen LogP contribution in [-0.4, -0.2) is 29.7 Å². The molecule has 1 aromatic carbocycles. The van der Waals surface area contributed by atoms with E-state index in [0.717, 1.165) is 12.7 Å². The van der Waals surface area contributed by atoms with Crippen LogP contribution in [0.1, 0.15) is 23.2 Å². The van der Waals surface area contributed by atoms with Crippen molar-refractivity contribution in [2.24, 2.45) is 0 Å². The number of likely N-dealkylation sites (tertiary alicyclic amines) is 1. The number of amides is 1. The van der Waals surface area contributed by atoms with E-state index in [1.807, 2.05) is 0 Å². The zero-order valence-corrected chi connectivity index (χ0v) is 9.78. The summed E-state index contributed by atoms with van der Waals surface area (Å²) in [5.74, 6) is -1.17. The summed E-state index contributed by atoms with van der Waals surface area (Å²) >= 11 is 5.82. The number of carbonyl (C=O) groups is 2. The zero-order chi connectivity index (χ0) is 12.4. The second kappa shape index (κ2) is 4.84. The molecule has 0 aliphatic carbocycles. The summed E-state index contributed by atoms with van der Waals surface area (Å²) in [6, 6.07) is 3.63. The lowest BCUT2D eigenvalue weighted by Crippen LogP contribution is -2.37. The van der Waals surface area contributed by atoms with E-state index in [1.165, 1.54) is 23.1 Å². The molecule has 0 radical (unpaired) electrons. The molecular formula is C12H11ClFNO2. The number of aldehydes is 1. The summed E-state index contributed by atoms with van der Waals surface area (Å²) in [6.45, 7) is 0.465. The van der Waals surface area contributed by atoms with Crippen LogP contribution in [0.25, 0.3) is 0 Å². The van der Waals surface area contributed by atoms with Gasteiger partial charge in [0.1, 0.15) is 12.1 Å². The number of nitrogens with zero attached hydrogens (tertiary/aromatic N) is 1. The van der Waals surface area contributed by atoms with E-state index in [9.17, 15) is 14.0 Å². The van der Waals surface area contributed by atoms with Gasteiger partial charge >= 0.3 is 0 Å². The molecule has 90 valence electrons. The minimum Gasteiger partial charge on any atom is -0.329 e. The van der Waals surface area contributed by atoms with Crippen LogP contribution in [0.5, 0.6) is 0 Å². The van der Waals surface area contributed by atoms with E-state index in [2.05, 4.69) is 0 Å². The molecule has 1 atom stereocenters. The molecular weight excluding hydrogens is 245 g/mol. The predicted molar refractivity (Wildman–Crippen MR) is 61.5 cm³/mol. The molecule has 1 aromatic rings. The third-order valence-corrected chi connectivity index (χ3v) is 3.21. The molecule has 0 N–H and O–H groups in total. The SMILES string of the molecule is O=CC1CCCN1C(=O)c1c(F)cccc1Cl. The van der Waals surface area contributed by atoms with Gasteiger partial charge in [0.05, 0.1) is 16.6 Å². The molecule has 1 unspecified atom stereocenters. The first kappa shape index (κ1) is 12.0. The van der Waals surface area contributed by atoms with Gasteiger partial charge in [0, 0.05) is 6.54 Å². The molecule has 1 aliphatic heterocycles. The third-order valence-electron chi connectivity index (χ3n) is 2.89. The van der Waals surface area contributed by atoms with Crippen molar-refractivity contribution < 1.29 is 14.0 Å². The Morgan fingerprint density at radius 1 is 1.53 bits per heavy atom. The molecule has 17 heavy (non-hydrogen) atoms. The number of carbonyl (C=O) groups excluding carboxylic acids is 2. The zero-order valence-electron chi connectivity index (χ0n) is 9.03. The molecule has 2 rings (SSSR count). The lowest BCUT2D eigenvalue weighted by Gasteiger charge is -2.21. The Hall–Kier alpha value is -1.42. The van der Waals surface area contributed by atoms with Crippen LogP contribution in [0.2, 0.25) is 5.02 Å². The fourth-order valence-corrected chi connectivity index (χ4v) is 2.28. The summed E-state index contributed by atoms with van der Waals surface area (Å²) in [5, 5.41) is 0.0755. The van der Waals surface area contributed by atoms with Crippen LogP contribution in [0.15, 0.2) is 18.2 Å². The van der Waals surface area contributed by atoms with Crippen molar-refractivity contribution in [3.63, 3.8) is 0 Å². The molecule has 5 heteroatoms. The molecule has 1 saturated heterocycles. The standard InChI is InChI=1S/C12H11ClFNO2/c13-9-4-1-5-10(14)11(9)12(17)15-6-2-3-8(15)7-16/h1,4-5,7-8H,2-3,6H2. The average molecular weight is 256 g/mol. The van der Waals surface area contributed by atoms with Gasteiger partial charge in [-0.25, -0.2) is 4.39 Å². The maximum absolute atomic E-state index is 13.6. The normalized spacial score (nSPS) is 19.4. The van der Waals surface area contributed by atoms with Crippen LogP contribution < -0.4 is 0 Å². The topological polar surface area (TPSA) is 37.4 Å². The van der Waals surface area contributed by atoms with Gasteiger partial charge in [-0.2, -0.15) is 0 Å². The van der Waals surface area contributed by atoms with Gasteiger partial charge in [-0.15, -0.1) is 0 Å². The van der Waals surface area contributed by atoms with E-state index < -0.39 is 17.8 Å². The van der Waals surface area contributed by atoms with Crippen LogP contribution in [0.4, 0.5) is 4.39 Å². The lowest BCUT2D eigenvalue weighted by molar-refractivity contribution is -0.111. The predicted octanol–water partition coefficient (Wildman–Crippen LogP) is 2.28. The minimum absolute atomic E-state index is 0.0755. The highest BCUT2D eigenvalue weighted by molar-refractivity contribution is 6.33. The van der Waals surface area contributed by atoms with E-state index in [-0.39, 0.29) is 10.6 Å². The molecule has 0 saturated carbocycles. The van der Waals surface area contributed by atoms with Gasteiger partial charge in [-0.1, -0.05) is 17.7 Å². The van der Waals surface area contributed by atoms with Crippen molar-refractivity contribution >= 4 is 23.8 Å². The van der Waals surface area contributed by atoms with Crippen LogP contribution >= 0.6 is 11.6 Å². The highest BCUT2D eigenvalue weighted by Crippen LogP contribution is 2.24. The van der Waals surface area contributed by atoms with E-state index in [0.29, 0.717) is 13.0 Å². The van der Waals surface area contributed by atoms with E-state index in [4.69, 9.17) is 11.6 Å². The second-order valence-electron chi connectivity index (χ2n) is 3.94. The maximum Gasteiger partial charge on any atom is 0.258 e. The van der Waals surface area contributed by atoms with Crippen LogP contribution in [-0.2, 0) is 4.79 Å². The van der Waals surface area contributed by atoms with Crippen molar-refractivity contribution in [2.45, 2.75) is 18.9 Å². The second-order valence-corrected chi connectivity index (χ2v) is 4.35. The number of halogens is 2. The largest absolute Gasteiger partial charge is 0.329 e. The lowest BCUT2D eigenvalue weighted by atomic mass is 10.1. The first-order chi connectivity index (χ1) is 8.15.